The highest BCUT2D eigenvalue weighted by molar-refractivity contribution is 7.16. The van der Waals surface area contributed by atoms with Crippen molar-refractivity contribution < 1.29 is 5.11 Å². The molecule has 1 fully saturated rings. The van der Waals surface area contributed by atoms with Crippen LogP contribution in [-0.2, 0) is 0 Å². The fourth-order valence-electron chi connectivity index (χ4n) is 2.44. The molecule has 2 unspecified atom stereocenters. The first-order valence-corrected chi connectivity index (χ1v) is 7.07. The third-order valence-electron chi connectivity index (χ3n) is 3.39. The summed E-state index contributed by atoms with van der Waals surface area (Å²) in [5.74, 6) is 1.02. The minimum absolute atomic E-state index is 0.0659. The topological polar surface area (TPSA) is 84.1 Å². The van der Waals surface area contributed by atoms with Gasteiger partial charge in [-0.15, -0.1) is 11.3 Å². The molecule has 1 aliphatic carbocycles. The molecule has 2 atom stereocenters. The fraction of sp³-hybridized carbons (Fsp3) is 0.500. The van der Waals surface area contributed by atoms with Gasteiger partial charge in [-0.05, 0) is 24.3 Å². The van der Waals surface area contributed by atoms with Gasteiger partial charge in [0.15, 0.2) is 0 Å². The Labute approximate surface area is 109 Å². The third kappa shape index (κ3) is 2.13. The SMILES string of the molecule is Nc1nc(NC2CCCCC2O)c2ccsc2n1. The maximum Gasteiger partial charge on any atom is 0.223 e. The zero-order valence-corrected chi connectivity index (χ0v) is 10.8. The van der Waals surface area contributed by atoms with Crippen LogP contribution < -0.4 is 11.1 Å². The van der Waals surface area contributed by atoms with Crippen molar-refractivity contribution in [2.24, 2.45) is 0 Å². The van der Waals surface area contributed by atoms with E-state index in [0.29, 0.717) is 0 Å². The van der Waals surface area contributed by atoms with Gasteiger partial charge in [0.25, 0.3) is 0 Å². The summed E-state index contributed by atoms with van der Waals surface area (Å²) in [4.78, 5) is 9.33. The van der Waals surface area contributed by atoms with Crippen LogP contribution in [-0.4, -0.2) is 27.2 Å². The van der Waals surface area contributed by atoms with Gasteiger partial charge in [0.05, 0.1) is 17.5 Å². The summed E-state index contributed by atoms with van der Waals surface area (Å²) in [6.45, 7) is 0. The summed E-state index contributed by atoms with van der Waals surface area (Å²) in [5.41, 5.74) is 5.71. The maximum atomic E-state index is 9.99. The molecule has 3 rings (SSSR count). The van der Waals surface area contributed by atoms with Crippen molar-refractivity contribution in [2.45, 2.75) is 37.8 Å². The molecule has 2 aromatic heterocycles. The number of hydrogen-bond donors (Lipinski definition) is 3. The summed E-state index contributed by atoms with van der Waals surface area (Å²) in [6.07, 6.45) is 3.76. The molecule has 4 N–H and O–H groups in total. The Bertz CT molecular complexity index is 556. The molecule has 5 nitrogen and oxygen atoms in total. The summed E-state index contributed by atoms with van der Waals surface area (Å²) < 4.78 is 0. The van der Waals surface area contributed by atoms with Gasteiger partial charge < -0.3 is 16.2 Å². The Morgan fingerprint density at radius 3 is 3.00 bits per heavy atom. The van der Waals surface area contributed by atoms with Crippen LogP contribution in [0.4, 0.5) is 11.8 Å². The molecule has 0 aromatic carbocycles. The minimum Gasteiger partial charge on any atom is -0.391 e. The first-order chi connectivity index (χ1) is 8.74. The Hall–Kier alpha value is -1.40. The van der Waals surface area contributed by atoms with Crippen molar-refractivity contribution >= 4 is 33.3 Å². The van der Waals surface area contributed by atoms with Crippen molar-refractivity contribution in [3.8, 4) is 0 Å². The summed E-state index contributed by atoms with van der Waals surface area (Å²) >= 11 is 1.54. The predicted molar refractivity (Wildman–Crippen MR) is 73.7 cm³/mol. The Morgan fingerprint density at radius 1 is 1.33 bits per heavy atom. The molecule has 0 spiro atoms. The van der Waals surface area contributed by atoms with E-state index in [9.17, 15) is 5.11 Å². The lowest BCUT2D eigenvalue weighted by Gasteiger charge is -2.28. The van der Waals surface area contributed by atoms with Crippen LogP contribution >= 0.6 is 11.3 Å². The highest BCUT2D eigenvalue weighted by Gasteiger charge is 2.24. The zero-order chi connectivity index (χ0) is 12.5. The van der Waals surface area contributed by atoms with Crippen molar-refractivity contribution in [3.05, 3.63) is 11.4 Å². The number of rotatable bonds is 2. The molecule has 0 radical (unpaired) electrons. The molecule has 2 heterocycles. The number of anilines is 2. The first kappa shape index (κ1) is 11.7. The van der Waals surface area contributed by atoms with Crippen LogP contribution in [0.5, 0.6) is 0 Å². The van der Waals surface area contributed by atoms with Crippen LogP contribution in [0.15, 0.2) is 11.4 Å². The van der Waals surface area contributed by atoms with Gasteiger partial charge in [-0.2, -0.15) is 4.98 Å². The average molecular weight is 264 g/mol. The van der Waals surface area contributed by atoms with Crippen LogP contribution in [0.25, 0.3) is 10.2 Å². The number of nitrogen functional groups attached to an aromatic ring is 1. The number of fused-ring (bicyclic) bond motifs is 1. The van der Waals surface area contributed by atoms with Gasteiger partial charge in [0.1, 0.15) is 10.6 Å². The highest BCUT2D eigenvalue weighted by Crippen LogP contribution is 2.28. The van der Waals surface area contributed by atoms with E-state index in [-0.39, 0.29) is 18.1 Å². The number of aliphatic hydroxyl groups excluding tert-OH is 1. The van der Waals surface area contributed by atoms with Gasteiger partial charge in [0, 0.05) is 0 Å². The number of aromatic nitrogens is 2. The number of aliphatic hydroxyl groups is 1. The molecule has 2 aromatic rings. The second-order valence-corrected chi connectivity index (χ2v) is 5.57. The second-order valence-electron chi connectivity index (χ2n) is 4.67. The van der Waals surface area contributed by atoms with E-state index in [1.165, 1.54) is 0 Å². The quantitative estimate of drug-likeness (QED) is 0.772. The number of nitrogens with two attached hydrogens (primary N) is 1. The van der Waals surface area contributed by atoms with E-state index >= 15 is 0 Å². The van der Waals surface area contributed by atoms with Gasteiger partial charge in [-0.3, -0.25) is 0 Å². The summed E-state index contributed by atoms with van der Waals surface area (Å²) in [7, 11) is 0. The number of thiophene rings is 1. The van der Waals surface area contributed by atoms with Crippen LogP contribution in [0.1, 0.15) is 25.7 Å². The highest BCUT2D eigenvalue weighted by atomic mass is 32.1. The molecule has 0 bridgehead atoms. The Balaban J connectivity index is 1.91. The normalized spacial score (nSPS) is 24.3. The van der Waals surface area contributed by atoms with E-state index in [0.717, 1.165) is 41.7 Å². The lowest BCUT2D eigenvalue weighted by Crippen LogP contribution is -2.36. The smallest absolute Gasteiger partial charge is 0.223 e. The molecule has 0 aliphatic heterocycles. The lowest BCUT2D eigenvalue weighted by molar-refractivity contribution is 0.116. The van der Waals surface area contributed by atoms with Crippen LogP contribution in [0.3, 0.4) is 0 Å². The third-order valence-corrected chi connectivity index (χ3v) is 4.20. The van der Waals surface area contributed by atoms with Crippen molar-refractivity contribution in [1.29, 1.82) is 0 Å². The summed E-state index contributed by atoms with van der Waals surface area (Å²) in [6, 6.07) is 2.05. The maximum absolute atomic E-state index is 9.99. The Morgan fingerprint density at radius 2 is 2.17 bits per heavy atom. The van der Waals surface area contributed by atoms with E-state index in [1.807, 2.05) is 11.4 Å². The predicted octanol–water partition coefficient (Wildman–Crippen LogP) is 1.99. The second kappa shape index (κ2) is 4.70. The molecule has 1 aliphatic rings. The van der Waals surface area contributed by atoms with E-state index in [2.05, 4.69) is 15.3 Å². The number of nitrogens with one attached hydrogen (secondary N) is 1. The fourth-order valence-corrected chi connectivity index (χ4v) is 3.21. The van der Waals surface area contributed by atoms with Crippen molar-refractivity contribution in [2.75, 3.05) is 11.1 Å². The largest absolute Gasteiger partial charge is 0.391 e. The van der Waals surface area contributed by atoms with Gasteiger partial charge in [-0.25, -0.2) is 4.98 Å². The Kier molecular flexibility index (Phi) is 3.05. The molecule has 18 heavy (non-hydrogen) atoms. The van der Waals surface area contributed by atoms with Crippen molar-refractivity contribution in [3.63, 3.8) is 0 Å². The average Bonchev–Trinajstić information content (AvgIpc) is 2.80. The van der Waals surface area contributed by atoms with Crippen LogP contribution in [0.2, 0.25) is 0 Å². The molecular formula is C12H16N4OS. The standard InChI is InChI=1S/C12H16N4OS/c13-12-15-10(7-5-6-18-11(7)16-12)14-8-3-1-2-4-9(8)17/h5-6,8-9,17H,1-4H2,(H3,13,14,15,16). The monoisotopic (exact) mass is 264 g/mol. The van der Waals surface area contributed by atoms with E-state index in [4.69, 9.17) is 5.73 Å². The molecule has 1 saturated carbocycles. The molecular weight excluding hydrogens is 248 g/mol. The zero-order valence-electron chi connectivity index (χ0n) is 9.97. The van der Waals surface area contributed by atoms with E-state index in [1.54, 1.807) is 11.3 Å². The molecule has 6 heteroatoms. The molecule has 96 valence electrons. The van der Waals surface area contributed by atoms with Crippen LogP contribution in [0, 0.1) is 0 Å². The minimum atomic E-state index is -0.302. The lowest BCUT2D eigenvalue weighted by atomic mass is 9.92. The first-order valence-electron chi connectivity index (χ1n) is 6.19. The summed E-state index contributed by atoms with van der Waals surface area (Å²) in [5, 5.41) is 16.3. The van der Waals surface area contributed by atoms with Crippen molar-refractivity contribution in [1.82, 2.24) is 9.97 Å². The van der Waals surface area contributed by atoms with Gasteiger partial charge >= 0.3 is 0 Å². The molecule has 0 amide bonds. The number of hydrogen-bond acceptors (Lipinski definition) is 6. The number of nitrogens with zero attached hydrogens (tertiary/aromatic N) is 2. The van der Waals surface area contributed by atoms with E-state index < -0.39 is 0 Å². The van der Waals surface area contributed by atoms with Gasteiger partial charge in [-0.1, -0.05) is 12.8 Å². The molecule has 0 saturated heterocycles. The van der Waals surface area contributed by atoms with Gasteiger partial charge in [0.2, 0.25) is 5.95 Å².